The Morgan fingerprint density at radius 3 is 1.64 bits per heavy atom. The van der Waals surface area contributed by atoms with Gasteiger partial charge in [0.1, 0.15) is 0 Å². The molecule has 0 N–H and O–H groups in total. The van der Waals surface area contributed by atoms with Crippen molar-refractivity contribution in [3.63, 3.8) is 0 Å². The van der Waals surface area contributed by atoms with Crippen molar-refractivity contribution < 1.29 is 0 Å². The van der Waals surface area contributed by atoms with E-state index in [-0.39, 0.29) is 5.41 Å². The molecule has 0 spiro atoms. The number of rotatable bonds is 4. The third kappa shape index (κ3) is 5.51. The summed E-state index contributed by atoms with van der Waals surface area (Å²) in [6.07, 6.45) is 6.63. The monoisotopic (exact) mass is 850 g/mol. The summed E-state index contributed by atoms with van der Waals surface area (Å²) in [6, 6.07) is 66.4. The molecule has 0 amide bonds. The molecule has 0 saturated carbocycles. The topological polar surface area (TPSA) is 13.0 Å². The third-order valence-corrected chi connectivity index (χ3v) is 15.0. The van der Waals surface area contributed by atoms with Gasteiger partial charge in [-0.3, -0.25) is 0 Å². The molecule has 4 aliphatic rings. The molecule has 0 atom stereocenters. The summed E-state index contributed by atoms with van der Waals surface area (Å²) in [5.74, 6) is 0. The van der Waals surface area contributed by atoms with Gasteiger partial charge in [-0.15, -0.1) is 0 Å². The first-order valence-corrected chi connectivity index (χ1v) is 23.4. The van der Waals surface area contributed by atoms with Crippen LogP contribution in [-0.4, -0.2) is 14.1 Å². The number of allylic oxidation sites excluding steroid dienone is 3. The first kappa shape index (κ1) is 38.6. The number of aryl methyl sites for hydroxylation is 1. The van der Waals surface area contributed by atoms with E-state index in [1.807, 2.05) is 0 Å². The van der Waals surface area contributed by atoms with Crippen LogP contribution in [0.15, 0.2) is 199 Å². The zero-order valence-corrected chi connectivity index (χ0v) is 38.1. The zero-order valence-electron chi connectivity index (χ0n) is 38.1. The maximum Gasteiger partial charge on any atom is 0.0699 e. The van der Waals surface area contributed by atoms with Crippen LogP contribution in [-0.2, 0) is 5.41 Å². The molecule has 2 aliphatic carbocycles. The Labute approximate surface area is 387 Å². The molecule has 0 saturated heterocycles. The van der Waals surface area contributed by atoms with Crippen LogP contribution < -0.4 is 19.6 Å². The Morgan fingerprint density at radius 2 is 0.985 bits per heavy atom. The van der Waals surface area contributed by atoms with Crippen LogP contribution in [0.4, 0.5) is 45.5 Å². The first-order chi connectivity index (χ1) is 32.3. The summed E-state index contributed by atoms with van der Waals surface area (Å²) < 4.78 is 0. The minimum atomic E-state index is -0.144. The maximum absolute atomic E-state index is 2.54. The number of likely N-dealkylation sites (N-methyl/N-ethyl adjacent to an activating group) is 1. The normalized spacial score (nSPS) is 15.4. The van der Waals surface area contributed by atoms with E-state index < -0.39 is 0 Å². The SMILES string of the molecule is Cc1cccc(-c2c3ccc(N4c5ccccc5N(C)c5ccccc54)cc3c(-c3ccc4c(c3)C(C)(C)c3ccccc3-4)c3ccc(N4C5=C(C=CCC5)N(C)c5ccccc54)cc23)c1. The van der Waals surface area contributed by atoms with E-state index in [0.717, 1.165) is 18.5 Å². The van der Waals surface area contributed by atoms with Gasteiger partial charge in [-0.2, -0.15) is 0 Å². The van der Waals surface area contributed by atoms with E-state index in [2.05, 4.69) is 243 Å². The molecule has 9 aromatic rings. The molecule has 13 rings (SSSR count). The Kier molecular flexibility index (Phi) is 8.39. The number of hydrogen-bond acceptors (Lipinski definition) is 4. The number of anilines is 8. The van der Waals surface area contributed by atoms with Gasteiger partial charge >= 0.3 is 0 Å². The molecule has 2 aliphatic heterocycles. The second kappa shape index (κ2) is 14.3. The highest BCUT2D eigenvalue weighted by Gasteiger charge is 2.36. The lowest BCUT2D eigenvalue weighted by Crippen LogP contribution is -2.32. The highest BCUT2D eigenvalue weighted by atomic mass is 15.3. The summed E-state index contributed by atoms with van der Waals surface area (Å²) in [7, 11) is 4.39. The van der Waals surface area contributed by atoms with Crippen molar-refractivity contribution in [1.29, 1.82) is 0 Å². The quantitative estimate of drug-likeness (QED) is 0.164. The average molecular weight is 851 g/mol. The smallest absolute Gasteiger partial charge is 0.0699 e. The standard InChI is InChI=1S/C62H50N4/c1-39-17-16-18-40(35-39)60-46-33-30-43(66-58-27-14-10-23-54(58)64(5)55-24-11-15-28-59(55)66)38-49(46)61(41-29-32-45-44-19-6-7-20-50(44)62(2,3)51(45)36-41)47-34-31-42(37-48(47)60)65-56-25-12-8-21-52(56)63(4)53-22-9-13-26-57(53)65/h6-12,14-25,27-38H,13,26H2,1-5H3. The molecule has 2 heterocycles. The highest BCUT2D eigenvalue weighted by molar-refractivity contribution is 6.23. The lowest BCUT2D eigenvalue weighted by Gasteiger charge is -2.41. The fourth-order valence-electron chi connectivity index (χ4n) is 11.9. The van der Waals surface area contributed by atoms with Crippen molar-refractivity contribution >= 4 is 67.0 Å². The number of nitrogens with zero attached hydrogens (tertiary/aromatic N) is 4. The highest BCUT2D eigenvalue weighted by Crippen LogP contribution is 2.55. The lowest BCUT2D eigenvalue weighted by molar-refractivity contribution is 0.660. The van der Waals surface area contributed by atoms with E-state index in [1.165, 1.54) is 123 Å². The number of fused-ring (bicyclic) bond motifs is 8. The molecule has 0 unspecified atom stereocenters. The molecule has 0 radical (unpaired) electrons. The van der Waals surface area contributed by atoms with E-state index in [0.29, 0.717) is 0 Å². The van der Waals surface area contributed by atoms with Crippen LogP contribution in [0, 0.1) is 6.92 Å². The van der Waals surface area contributed by atoms with Crippen LogP contribution in [0.1, 0.15) is 43.4 Å². The second-order valence-electron chi connectivity index (χ2n) is 19.0. The van der Waals surface area contributed by atoms with Crippen molar-refractivity contribution in [3.8, 4) is 33.4 Å². The van der Waals surface area contributed by atoms with Crippen LogP contribution in [0.5, 0.6) is 0 Å². The van der Waals surface area contributed by atoms with Crippen LogP contribution in [0.2, 0.25) is 0 Å². The molecule has 66 heavy (non-hydrogen) atoms. The van der Waals surface area contributed by atoms with E-state index in [4.69, 9.17) is 0 Å². The van der Waals surface area contributed by atoms with Gasteiger partial charge in [0.15, 0.2) is 0 Å². The van der Waals surface area contributed by atoms with E-state index >= 15 is 0 Å². The summed E-state index contributed by atoms with van der Waals surface area (Å²) >= 11 is 0. The number of benzene rings is 9. The van der Waals surface area contributed by atoms with Crippen LogP contribution in [0.3, 0.4) is 0 Å². The minimum Gasteiger partial charge on any atom is -0.341 e. The average Bonchev–Trinajstić information content (AvgIpc) is 3.58. The fraction of sp³-hybridized carbons (Fsp3) is 0.129. The predicted molar refractivity (Wildman–Crippen MR) is 280 cm³/mol. The van der Waals surface area contributed by atoms with Crippen molar-refractivity contribution in [1.82, 2.24) is 0 Å². The van der Waals surface area contributed by atoms with Gasteiger partial charge in [0.2, 0.25) is 0 Å². The van der Waals surface area contributed by atoms with Crippen molar-refractivity contribution in [3.05, 3.63) is 216 Å². The van der Waals surface area contributed by atoms with Gasteiger partial charge < -0.3 is 19.6 Å². The fourth-order valence-corrected chi connectivity index (χ4v) is 11.9. The maximum atomic E-state index is 2.54. The molecule has 0 aromatic heterocycles. The molecule has 4 nitrogen and oxygen atoms in total. The van der Waals surface area contributed by atoms with Gasteiger partial charge in [-0.25, -0.2) is 0 Å². The van der Waals surface area contributed by atoms with Crippen molar-refractivity contribution in [2.75, 3.05) is 33.7 Å². The van der Waals surface area contributed by atoms with Crippen molar-refractivity contribution in [2.45, 2.75) is 39.0 Å². The molecule has 318 valence electrons. The second-order valence-corrected chi connectivity index (χ2v) is 19.0. The molecule has 9 aromatic carbocycles. The van der Waals surface area contributed by atoms with Crippen LogP contribution >= 0.6 is 0 Å². The Balaban J connectivity index is 1.14. The predicted octanol–water partition coefficient (Wildman–Crippen LogP) is 16.6. The van der Waals surface area contributed by atoms with Gasteiger partial charge in [0, 0.05) is 36.6 Å². The molecular formula is C62H50N4. The lowest BCUT2D eigenvalue weighted by atomic mass is 9.80. The molecule has 0 bridgehead atoms. The van der Waals surface area contributed by atoms with Gasteiger partial charge in [-0.05, 0) is 159 Å². The Bertz CT molecular complexity index is 3540. The molecule has 0 fully saturated rings. The molecular weight excluding hydrogens is 801 g/mol. The summed E-state index contributed by atoms with van der Waals surface area (Å²) in [5, 5.41) is 4.96. The Hall–Kier alpha value is -7.82. The summed E-state index contributed by atoms with van der Waals surface area (Å²) in [6.45, 7) is 6.99. The van der Waals surface area contributed by atoms with E-state index in [1.54, 1.807) is 0 Å². The minimum absolute atomic E-state index is 0.144. The molecule has 4 heteroatoms. The largest absolute Gasteiger partial charge is 0.341 e. The first-order valence-electron chi connectivity index (χ1n) is 23.4. The van der Waals surface area contributed by atoms with Gasteiger partial charge in [0.05, 0.1) is 39.8 Å². The van der Waals surface area contributed by atoms with E-state index in [9.17, 15) is 0 Å². The van der Waals surface area contributed by atoms with Gasteiger partial charge in [0.25, 0.3) is 0 Å². The third-order valence-electron chi connectivity index (χ3n) is 15.0. The Morgan fingerprint density at radius 1 is 0.439 bits per heavy atom. The van der Waals surface area contributed by atoms with Crippen LogP contribution in [0.25, 0.3) is 54.9 Å². The van der Waals surface area contributed by atoms with Crippen molar-refractivity contribution in [2.24, 2.45) is 0 Å². The zero-order chi connectivity index (χ0) is 44.4. The van der Waals surface area contributed by atoms with Gasteiger partial charge in [-0.1, -0.05) is 135 Å². The number of para-hydroxylation sites is 6. The summed E-state index contributed by atoms with van der Waals surface area (Å²) in [4.78, 5) is 9.69. The summed E-state index contributed by atoms with van der Waals surface area (Å²) in [5.41, 5.74) is 23.5. The number of hydrogen-bond donors (Lipinski definition) is 0.